The van der Waals surface area contributed by atoms with Crippen molar-refractivity contribution in [3.8, 4) is 0 Å². The fourth-order valence-electron chi connectivity index (χ4n) is 4.80. The van der Waals surface area contributed by atoms with E-state index in [1.807, 2.05) is 0 Å². The molecule has 0 aromatic rings. The van der Waals surface area contributed by atoms with Crippen molar-refractivity contribution in [2.45, 2.75) is 66.2 Å². The van der Waals surface area contributed by atoms with Crippen molar-refractivity contribution in [2.24, 2.45) is 35.0 Å². The SMILES string of the molecule is CC1CC(C)CC(C2CC(C)(C)CCC2C(=O)O)C1. The Labute approximate surface area is 118 Å². The van der Waals surface area contributed by atoms with Crippen LogP contribution in [0.2, 0.25) is 0 Å². The fourth-order valence-corrected chi connectivity index (χ4v) is 4.80. The molecular weight excluding hydrogens is 236 g/mol. The molecule has 2 aliphatic rings. The maximum Gasteiger partial charge on any atom is 0.306 e. The summed E-state index contributed by atoms with van der Waals surface area (Å²) in [4.78, 5) is 11.6. The predicted octanol–water partition coefficient (Wildman–Crippen LogP) is 4.59. The normalized spacial score (nSPS) is 42.8. The van der Waals surface area contributed by atoms with Crippen LogP contribution in [0.5, 0.6) is 0 Å². The van der Waals surface area contributed by atoms with E-state index in [2.05, 4.69) is 27.7 Å². The van der Waals surface area contributed by atoms with Crippen molar-refractivity contribution < 1.29 is 9.90 Å². The van der Waals surface area contributed by atoms with Crippen LogP contribution in [0.3, 0.4) is 0 Å². The Balaban J connectivity index is 2.14. The third kappa shape index (κ3) is 3.52. The van der Waals surface area contributed by atoms with E-state index >= 15 is 0 Å². The molecule has 2 heteroatoms. The molecule has 2 aliphatic carbocycles. The highest BCUT2D eigenvalue weighted by Gasteiger charge is 2.43. The zero-order valence-corrected chi connectivity index (χ0v) is 13.0. The minimum absolute atomic E-state index is 0.0875. The Bertz CT molecular complexity index is 324. The van der Waals surface area contributed by atoms with Gasteiger partial charge in [0.05, 0.1) is 5.92 Å². The van der Waals surface area contributed by atoms with E-state index < -0.39 is 5.97 Å². The Morgan fingerprint density at radius 2 is 1.68 bits per heavy atom. The van der Waals surface area contributed by atoms with Crippen LogP contribution < -0.4 is 0 Å². The van der Waals surface area contributed by atoms with Gasteiger partial charge in [-0.3, -0.25) is 4.79 Å². The van der Waals surface area contributed by atoms with Crippen LogP contribution in [0.15, 0.2) is 0 Å². The van der Waals surface area contributed by atoms with Gasteiger partial charge in [-0.15, -0.1) is 0 Å². The van der Waals surface area contributed by atoms with Gasteiger partial charge in [0.15, 0.2) is 0 Å². The predicted molar refractivity (Wildman–Crippen MR) is 77.9 cm³/mol. The average Bonchev–Trinajstić information content (AvgIpc) is 2.25. The smallest absolute Gasteiger partial charge is 0.306 e. The Kier molecular flexibility index (Phi) is 4.27. The first kappa shape index (κ1) is 14.9. The van der Waals surface area contributed by atoms with Crippen LogP contribution in [-0.2, 0) is 4.79 Å². The van der Waals surface area contributed by atoms with Crippen molar-refractivity contribution in [1.82, 2.24) is 0 Å². The zero-order valence-electron chi connectivity index (χ0n) is 13.0. The molecule has 0 amide bonds. The molecule has 0 aromatic carbocycles. The molecule has 0 aliphatic heterocycles. The van der Waals surface area contributed by atoms with Gasteiger partial charge in [-0.25, -0.2) is 0 Å². The molecule has 0 spiro atoms. The molecule has 2 rings (SSSR count). The minimum Gasteiger partial charge on any atom is -0.481 e. The molecule has 0 saturated heterocycles. The number of hydrogen-bond donors (Lipinski definition) is 1. The quantitative estimate of drug-likeness (QED) is 0.794. The van der Waals surface area contributed by atoms with E-state index in [9.17, 15) is 9.90 Å². The van der Waals surface area contributed by atoms with Gasteiger partial charge in [0, 0.05) is 0 Å². The largest absolute Gasteiger partial charge is 0.481 e. The van der Waals surface area contributed by atoms with Gasteiger partial charge in [-0.2, -0.15) is 0 Å². The molecule has 0 heterocycles. The highest BCUT2D eigenvalue weighted by molar-refractivity contribution is 5.70. The van der Waals surface area contributed by atoms with Crippen LogP contribution in [0, 0.1) is 35.0 Å². The standard InChI is InChI=1S/C17H30O2/c1-11-7-12(2)9-13(8-11)15-10-17(3,4)6-5-14(15)16(18)19/h11-15H,5-10H2,1-4H3,(H,18,19). The summed E-state index contributed by atoms with van der Waals surface area (Å²) in [6.07, 6.45) is 6.87. The summed E-state index contributed by atoms with van der Waals surface area (Å²) in [5.74, 6) is 1.95. The number of rotatable bonds is 2. The van der Waals surface area contributed by atoms with E-state index in [4.69, 9.17) is 0 Å². The van der Waals surface area contributed by atoms with E-state index in [1.165, 1.54) is 19.3 Å². The lowest BCUT2D eigenvalue weighted by atomic mass is 9.59. The molecule has 0 bridgehead atoms. The monoisotopic (exact) mass is 266 g/mol. The molecule has 110 valence electrons. The van der Waals surface area contributed by atoms with E-state index in [0.717, 1.165) is 31.1 Å². The number of carbonyl (C=O) groups is 1. The summed E-state index contributed by atoms with van der Waals surface area (Å²) >= 11 is 0. The third-order valence-corrected chi connectivity index (χ3v) is 5.57. The Morgan fingerprint density at radius 1 is 1.11 bits per heavy atom. The van der Waals surface area contributed by atoms with E-state index in [1.54, 1.807) is 0 Å². The first-order chi connectivity index (χ1) is 8.78. The van der Waals surface area contributed by atoms with Gasteiger partial charge < -0.3 is 5.11 Å². The third-order valence-electron chi connectivity index (χ3n) is 5.57. The minimum atomic E-state index is -0.550. The van der Waals surface area contributed by atoms with Crippen LogP contribution in [-0.4, -0.2) is 11.1 Å². The highest BCUT2D eigenvalue weighted by Crippen LogP contribution is 2.49. The molecule has 19 heavy (non-hydrogen) atoms. The molecule has 0 aromatic heterocycles. The van der Waals surface area contributed by atoms with Crippen LogP contribution in [0.4, 0.5) is 0 Å². The molecule has 4 unspecified atom stereocenters. The molecule has 1 N–H and O–H groups in total. The summed E-state index contributed by atoms with van der Waals surface area (Å²) in [5.41, 5.74) is 0.334. The topological polar surface area (TPSA) is 37.3 Å². The lowest BCUT2D eigenvalue weighted by Gasteiger charge is -2.45. The van der Waals surface area contributed by atoms with Gasteiger partial charge in [0.1, 0.15) is 0 Å². The van der Waals surface area contributed by atoms with Crippen LogP contribution in [0.1, 0.15) is 66.2 Å². The summed E-state index contributed by atoms with van der Waals surface area (Å²) in [7, 11) is 0. The second-order valence-corrected chi connectivity index (χ2v) is 8.19. The van der Waals surface area contributed by atoms with Crippen molar-refractivity contribution in [3.63, 3.8) is 0 Å². The van der Waals surface area contributed by atoms with Crippen molar-refractivity contribution >= 4 is 5.97 Å². The Morgan fingerprint density at radius 3 is 2.21 bits per heavy atom. The molecule has 0 radical (unpaired) electrons. The number of aliphatic carboxylic acids is 1. The highest BCUT2D eigenvalue weighted by atomic mass is 16.4. The summed E-state index contributed by atoms with van der Waals surface area (Å²) < 4.78 is 0. The van der Waals surface area contributed by atoms with Crippen LogP contribution in [0.25, 0.3) is 0 Å². The molecule has 2 fully saturated rings. The number of carboxylic acid groups (broad SMARTS) is 1. The van der Waals surface area contributed by atoms with Crippen molar-refractivity contribution in [3.05, 3.63) is 0 Å². The first-order valence-corrected chi connectivity index (χ1v) is 8.01. The lowest BCUT2D eigenvalue weighted by Crippen LogP contribution is -2.40. The molecule has 2 nitrogen and oxygen atoms in total. The van der Waals surface area contributed by atoms with Gasteiger partial charge in [-0.1, -0.05) is 27.7 Å². The zero-order chi connectivity index (χ0) is 14.2. The molecule has 4 atom stereocenters. The maximum atomic E-state index is 11.6. The summed E-state index contributed by atoms with van der Waals surface area (Å²) in [6.45, 7) is 9.31. The number of hydrogen-bond acceptors (Lipinski definition) is 1. The van der Waals surface area contributed by atoms with Crippen molar-refractivity contribution in [1.29, 1.82) is 0 Å². The molecule has 2 saturated carbocycles. The second-order valence-electron chi connectivity index (χ2n) is 8.19. The van der Waals surface area contributed by atoms with E-state index in [-0.39, 0.29) is 5.92 Å². The second kappa shape index (κ2) is 5.46. The van der Waals surface area contributed by atoms with Gasteiger partial charge >= 0.3 is 5.97 Å². The fraction of sp³-hybridized carbons (Fsp3) is 0.941. The van der Waals surface area contributed by atoms with Gasteiger partial charge in [-0.05, 0) is 67.6 Å². The Hall–Kier alpha value is -0.530. The van der Waals surface area contributed by atoms with Gasteiger partial charge in [0.25, 0.3) is 0 Å². The summed E-state index contributed by atoms with van der Waals surface area (Å²) in [5, 5.41) is 9.54. The summed E-state index contributed by atoms with van der Waals surface area (Å²) in [6, 6.07) is 0. The van der Waals surface area contributed by atoms with Crippen LogP contribution >= 0.6 is 0 Å². The van der Waals surface area contributed by atoms with Crippen molar-refractivity contribution in [2.75, 3.05) is 0 Å². The van der Waals surface area contributed by atoms with Gasteiger partial charge in [0.2, 0.25) is 0 Å². The first-order valence-electron chi connectivity index (χ1n) is 8.01. The van der Waals surface area contributed by atoms with E-state index in [0.29, 0.717) is 17.3 Å². The molecular formula is C17H30O2. The lowest BCUT2D eigenvalue weighted by molar-refractivity contribution is -0.148. The maximum absolute atomic E-state index is 11.6. The number of carboxylic acids is 1. The average molecular weight is 266 g/mol.